The molecule has 2 aliphatic rings. The minimum Gasteiger partial charge on any atom is -0.481 e. The molecule has 3 aromatic rings. The number of nitrogens with zero attached hydrogens (tertiary/aromatic N) is 5. The highest BCUT2D eigenvalue weighted by atomic mass is 35.5. The lowest BCUT2D eigenvalue weighted by Gasteiger charge is -2.39. The van der Waals surface area contributed by atoms with Gasteiger partial charge in [0.2, 0.25) is 11.8 Å². The Labute approximate surface area is 198 Å². The number of methoxy groups -OCH3 is 1. The summed E-state index contributed by atoms with van der Waals surface area (Å²) in [6, 6.07) is 12.3. The summed E-state index contributed by atoms with van der Waals surface area (Å²) in [6.45, 7) is 6.10. The number of hydrogen-bond donors (Lipinski definition) is 1. The molecular weight excluding hydrogens is 440 g/mol. The van der Waals surface area contributed by atoms with Crippen LogP contribution in [-0.4, -0.2) is 46.0 Å². The van der Waals surface area contributed by atoms with E-state index >= 15 is 0 Å². The lowest BCUT2D eigenvalue weighted by Crippen LogP contribution is -2.48. The summed E-state index contributed by atoms with van der Waals surface area (Å²) in [4.78, 5) is 11.4. The molecule has 5 rings (SSSR count). The number of piperidine rings is 1. The first-order valence-corrected chi connectivity index (χ1v) is 11.8. The van der Waals surface area contributed by atoms with Crippen LogP contribution in [-0.2, 0) is 0 Å². The predicted molar refractivity (Wildman–Crippen MR) is 129 cm³/mol. The average molecular weight is 469 g/mol. The quantitative estimate of drug-likeness (QED) is 0.520. The number of hydrogen-bond acceptors (Lipinski definition) is 7. The lowest BCUT2D eigenvalue weighted by molar-refractivity contribution is 0.373. The first-order valence-electron chi connectivity index (χ1n) is 11.4. The molecule has 2 aromatic heterocycles. The summed E-state index contributed by atoms with van der Waals surface area (Å²) in [7, 11) is 1.65. The van der Waals surface area contributed by atoms with Crippen LogP contribution >= 0.6 is 11.6 Å². The van der Waals surface area contributed by atoms with Gasteiger partial charge in [-0.25, -0.2) is 9.67 Å². The van der Waals surface area contributed by atoms with Gasteiger partial charge in [0.05, 0.1) is 13.2 Å². The molecule has 33 heavy (non-hydrogen) atoms. The Morgan fingerprint density at radius 1 is 1.12 bits per heavy atom. The highest BCUT2D eigenvalue weighted by molar-refractivity contribution is 6.30. The maximum atomic E-state index is 6.11. The normalized spacial score (nSPS) is 22.0. The first-order chi connectivity index (χ1) is 16.0. The summed E-state index contributed by atoms with van der Waals surface area (Å²) in [6.07, 6.45) is 4.19. The number of aromatic nitrogens is 4. The summed E-state index contributed by atoms with van der Waals surface area (Å²) in [5, 5.41) is 8.98. The molecule has 0 radical (unpaired) electrons. The molecule has 9 heteroatoms. The van der Waals surface area contributed by atoms with E-state index in [0.29, 0.717) is 46.5 Å². The number of anilines is 2. The van der Waals surface area contributed by atoms with Crippen LogP contribution in [0.4, 0.5) is 11.6 Å². The van der Waals surface area contributed by atoms with Crippen LogP contribution in [0.1, 0.15) is 32.7 Å². The molecule has 0 amide bonds. The Balaban J connectivity index is 1.31. The average Bonchev–Trinajstić information content (AvgIpc) is 3.29. The molecule has 1 aliphatic carbocycles. The van der Waals surface area contributed by atoms with E-state index < -0.39 is 0 Å². The van der Waals surface area contributed by atoms with Crippen molar-refractivity contribution in [1.29, 1.82) is 0 Å². The van der Waals surface area contributed by atoms with Gasteiger partial charge in [0.1, 0.15) is 5.75 Å². The predicted octanol–water partition coefficient (Wildman–Crippen LogP) is 5.04. The van der Waals surface area contributed by atoms with Crippen molar-refractivity contribution in [1.82, 2.24) is 19.7 Å². The third-order valence-corrected chi connectivity index (χ3v) is 6.75. The molecule has 8 nitrogen and oxygen atoms in total. The maximum absolute atomic E-state index is 6.11. The van der Waals surface area contributed by atoms with E-state index in [1.54, 1.807) is 13.2 Å². The molecule has 0 spiro atoms. The highest BCUT2D eigenvalue weighted by Gasteiger charge is 2.42. The van der Waals surface area contributed by atoms with Gasteiger partial charge in [0.15, 0.2) is 0 Å². The standard InChI is InChI=1S/C24H29ClN6O2/c1-15(2)31-24(33-20-6-4-5-18(25)11-20)28-23(29-31)27-22-16-7-8-17(22)14-30(13-16)19-9-10-26-21(12-19)32-3/h4-6,9-12,15-17,22H,7-8,13-14H2,1-3H3,(H,27,29). The van der Waals surface area contributed by atoms with E-state index in [1.807, 2.05) is 35.1 Å². The fourth-order valence-electron chi connectivity index (χ4n) is 4.94. The fourth-order valence-corrected chi connectivity index (χ4v) is 5.12. The van der Waals surface area contributed by atoms with Crippen LogP contribution in [0.2, 0.25) is 5.02 Å². The number of ether oxygens (including phenoxy) is 2. The van der Waals surface area contributed by atoms with E-state index in [1.165, 1.54) is 12.8 Å². The van der Waals surface area contributed by atoms with E-state index in [9.17, 15) is 0 Å². The van der Waals surface area contributed by atoms with Crippen LogP contribution < -0.4 is 19.7 Å². The third-order valence-electron chi connectivity index (χ3n) is 6.52. The number of fused-ring (bicyclic) bond motifs is 2. The Morgan fingerprint density at radius 3 is 2.61 bits per heavy atom. The van der Waals surface area contributed by atoms with Gasteiger partial charge in [0, 0.05) is 42.1 Å². The van der Waals surface area contributed by atoms with E-state index in [2.05, 4.69) is 40.1 Å². The molecule has 2 bridgehead atoms. The van der Waals surface area contributed by atoms with Crippen molar-refractivity contribution in [3.63, 3.8) is 0 Å². The molecule has 1 saturated carbocycles. The molecule has 1 aliphatic heterocycles. The van der Waals surface area contributed by atoms with E-state index in [4.69, 9.17) is 26.2 Å². The second-order valence-corrected chi connectivity index (χ2v) is 9.48. The van der Waals surface area contributed by atoms with Crippen LogP contribution in [0.25, 0.3) is 0 Å². The third kappa shape index (κ3) is 4.57. The Hall–Kier alpha value is -3.00. The van der Waals surface area contributed by atoms with Crippen LogP contribution in [0.3, 0.4) is 0 Å². The zero-order valence-corrected chi connectivity index (χ0v) is 19.9. The molecule has 2 fully saturated rings. The van der Waals surface area contributed by atoms with Gasteiger partial charge in [-0.1, -0.05) is 17.7 Å². The first kappa shape index (κ1) is 21.8. The lowest BCUT2D eigenvalue weighted by atomic mass is 9.92. The van der Waals surface area contributed by atoms with Gasteiger partial charge >= 0.3 is 6.01 Å². The molecule has 2 atom stereocenters. The second-order valence-electron chi connectivity index (χ2n) is 9.04. The summed E-state index contributed by atoms with van der Waals surface area (Å²) >= 11 is 6.11. The molecule has 1 aromatic carbocycles. The van der Waals surface area contributed by atoms with Gasteiger partial charge < -0.3 is 19.7 Å². The van der Waals surface area contributed by atoms with Gasteiger partial charge in [-0.15, -0.1) is 5.10 Å². The smallest absolute Gasteiger partial charge is 0.322 e. The van der Waals surface area contributed by atoms with Gasteiger partial charge in [-0.2, -0.15) is 4.98 Å². The number of pyridine rings is 1. The molecule has 1 N–H and O–H groups in total. The zero-order valence-electron chi connectivity index (χ0n) is 19.1. The summed E-state index contributed by atoms with van der Waals surface area (Å²) < 4.78 is 13.1. The number of rotatable bonds is 7. The van der Waals surface area contributed by atoms with Crippen LogP contribution in [0.15, 0.2) is 42.6 Å². The number of halogens is 1. The van der Waals surface area contributed by atoms with Crippen molar-refractivity contribution in [2.45, 2.75) is 38.8 Å². The fraction of sp³-hybridized carbons (Fsp3) is 0.458. The van der Waals surface area contributed by atoms with Crippen LogP contribution in [0.5, 0.6) is 17.6 Å². The van der Waals surface area contributed by atoms with Crippen molar-refractivity contribution >= 4 is 23.2 Å². The van der Waals surface area contributed by atoms with Gasteiger partial charge in [-0.05, 0) is 62.8 Å². The summed E-state index contributed by atoms with van der Waals surface area (Å²) in [5.41, 5.74) is 1.16. The molecule has 3 heterocycles. The van der Waals surface area contributed by atoms with Gasteiger partial charge in [0.25, 0.3) is 0 Å². The van der Waals surface area contributed by atoms with Gasteiger partial charge in [-0.3, -0.25) is 0 Å². The molecular formula is C24H29ClN6O2. The maximum Gasteiger partial charge on any atom is 0.322 e. The summed E-state index contributed by atoms with van der Waals surface area (Å²) in [5.74, 6) is 2.94. The van der Waals surface area contributed by atoms with Crippen molar-refractivity contribution in [2.24, 2.45) is 11.8 Å². The van der Waals surface area contributed by atoms with E-state index in [-0.39, 0.29) is 6.04 Å². The topological polar surface area (TPSA) is 77.3 Å². The van der Waals surface area contributed by atoms with Crippen LogP contribution in [0, 0.1) is 11.8 Å². The largest absolute Gasteiger partial charge is 0.481 e. The van der Waals surface area contributed by atoms with E-state index in [0.717, 1.165) is 18.8 Å². The minimum atomic E-state index is 0.113. The SMILES string of the molecule is COc1cc(N2CC3CCC(C2)C3Nc2nc(Oc3cccc(Cl)c3)n(C(C)C)n2)ccn1. The Bertz CT molecular complexity index is 1110. The van der Waals surface area contributed by atoms with Crippen molar-refractivity contribution in [3.05, 3.63) is 47.6 Å². The Morgan fingerprint density at radius 2 is 1.91 bits per heavy atom. The van der Waals surface area contributed by atoms with Crippen molar-refractivity contribution in [2.75, 3.05) is 30.4 Å². The number of benzene rings is 1. The minimum absolute atomic E-state index is 0.113. The molecule has 2 unspecified atom stereocenters. The monoisotopic (exact) mass is 468 g/mol. The number of nitrogens with one attached hydrogen (secondary N) is 1. The van der Waals surface area contributed by atoms with Crippen molar-refractivity contribution < 1.29 is 9.47 Å². The molecule has 174 valence electrons. The molecule has 1 saturated heterocycles. The second kappa shape index (κ2) is 9.09. The Kier molecular flexibility index (Phi) is 6.01. The highest BCUT2D eigenvalue weighted by Crippen LogP contribution is 2.40. The van der Waals surface area contributed by atoms with Crippen molar-refractivity contribution in [3.8, 4) is 17.6 Å². The zero-order chi connectivity index (χ0) is 22.9.